The van der Waals surface area contributed by atoms with Crippen LogP contribution in [0, 0.1) is 11.8 Å². The van der Waals surface area contributed by atoms with Gasteiger partial charge in [0.25, 0.3) is 0 Å². The van der Waals surface area contributed by atoms with E-state index in [1.807, 2.05) is 24.3 Å². The molecular formula is C62H92Br2O4S2. The van der Waals surface area contributed by atoms with Gasteiger partial charge in [-0.1, -0.05) is 232 Å². The molecule has 1 aromatic carbocycles. The highest BCUT2D eigenvalue weighted by atomic mass is 79.9. The minimum Gasteiger partial charge on any atom is -0.492 e. The van der Waals surface area contributed by atoms with Gasteiger partial charge >= 0.3 is 0 Å². The van der Waals surface area contributed by atoms with Crippen LogP contribution >= 0.6 is 54.5 Å². The van der Waals surface area contributed by atoms with Crippen molar-refractivity contribution in [3.63, 3.8) is 0 Å². The number of halogens is 2. The number of fused-ring (bicyclic) bond motifs is 2. The first-order valence-electron chi connectivity index (χ1n) is 28.8. The van der Waals surface area contributed by atoms with Gasteiger partial charge in [0.1, 0.15) is 11.5 Å². The van der Waals surface area contributed by atoms with Crippen molar-refractivity contribution in [2.45, 2.75) is 245 Å². The van der Waals surface area contributed by atoms with E-state index in [0.717, 1.165) is 54.1 Å². The Morgan fingerprint density at radius 2 is 0.714 bits per heavy atom. The molecule has 4 unspecified atom stereocenters. The van der Waals surface area contributed by atoms with E-state index in [1.165, 1.54) is 180 Å². The molecule has 2 aliphatic carbocycles. The third kappa shape index (κ3) is 19.4. The van der Waals surface area contributed by atoms with Crippen LogP contribution in [-0.2, 0) is 0 Å². The van der Waals surface area contributed by atoms with E-state index in [0.29, 0.717) is 47.7 Å². The van der Waals surface area contributed by atoms with Gasteiger partial charge in [-0.05, 0) is 93.6 Å². The second kappa shape index (κ2) is 34.5. The zero-order chi connectivity index (χ0) is 49.8. The van der Waals surface area contributed by atoms with E-state index in [1.54, 1.807) is 22.7 Å². The molecule has 4 atom stereocenters. The summed E-state index contributed by atoms with van der Waals surface area (Å²) in [6, 6.07) is 8.20. The predicted octanol–water partition coefficient (Wildman–Crippen LogP) is 21.9. The monoisotopic (exact) mass is 1120 g/mol. The number of benzene rings is 1. The Kier molecular flexibility index (Phi) is 29.0. The van der Waals surface area contributed by atoms with Crippen LogP contribution in [0.25, 0.3) is 12.2 Å². The lowest BCUT2D eigenvalue weighted by Crippen LogP contribution is -2.25. The number of carbonyl (C=O) groups excluding carboxylic acids is 2. The van der Waals surface area contributed by atoms with Crippen LogP contribution in [0.5, 0.6) is 11.5 Å². The van der Waals surface area contributed by atoms with E-state index in [2.05, 4.69) is 83.8 Å². The molecule has 5 rings (SSSR count). The maximum Gasteiger partial charge on any atom is 0.179 e. The van der Waals surface area contributed by atoms with Crippen molar-refractivity contribution in [2.75, 3.05) is 13.2 Å². The number of hydrogen-bond donors (Lipinski definition) is 0. The number of unbranched alkanes of at least 4 members (excludes halogenated alkanes) is 24. The molecule has 0 spiro atoms. The fraction of sp³-hybridized carbons (Fsp3) is 0.677. The number of Topliss-reactive ketones (excluding diaryl/α,β-unsaturated/α-hetero) is 2. The molecule has 390 valence electrons. The molecule has 2 aromatic heterocycles. The summed E-state index contributed by atoms with van der Waals surface area (Å²) in [4.78, 5) is 32.6. The molecule has 70 heavy (non-hydrogen) atoms. The smallest absolute Gasteiger partial charge is 0.179 e. The Balaban J connectivity index is 1.49. The maximum atomic E-state index is 15.3. The molecule has 4 nitrogen and oxygen atoms in total. The summed E-state index contributed by atoms with van der Waals surface area (Å²) in [6.45, 7) is 10.2. The average Bonchev–Trinajstić information content (AvgIpc) is 4.00. The molecule has 2 heterocycles. The summed E-state index contributed by atoms with van der Waals surface area (Å²) in [5.74, 6) is 1.10. The lowest BCUT2D eigenvalue weighted by Gasteiger charge is -2.30. The van der Waals surface area contributed by atoms with Gasteiger partial charge < -0.3 is 9.47 Å². The fourth-order valence-corrected chi connectivity index (χ4v) is 13.7. The zero-order valence-electron chi connectivity index (χ0n) is 44.2. The third-order valence-electron chi connectivity index (χ3n) is 15.0. The lowest BCUT2D eigenvalue weighted by molar-refractivity contribution is 0.0953. The summed E-state index contributed by atoms with van der Waals surface area (Å²) in [5, 5.41) is 0. The molecule has 0 N–H and O–H groups in total. The Morgan fingerprint density at radius 1 is 0.429 bits per heavy atom. The third-order valence-corrected chi connectivity index (χ3v) is 18.5. The number of rotatable bonds is 40. The molecule has 0 amide bonds. The first-order chi connectivity index (χ1) is 34.3. The van der Waals surface area contributed by atoms with Crippen LogP contribution in [-0.4, -0.2) is 24.8 Å². The summed E-state index contributed by atoms with van der Waals surface area (Å²) in [5.41, 5.74) is 2.62. The summed E-state index contributed by atoms with van der Waals surface area (Å²) in [7, 11) is 0. The number of carbonyl (C=O) groups is 2. The standard InChI is InChI=1S/C62H92Br2O4S2/c1-5-9-13-17-21-23-27-31-35-47(33-29-25-19-15-11-7-3)45-67-61-51-39-37-50(54-42-44-56(64)70-54)60(66)58(51)62(52-40-38-49(59(65)57(52)61)53-41-43-55(63)69-53)68-46-48(34-30-26-20-16-12-8-4)36-32-28-24-22-18-14-10-6-2/h37-44,47-50H,5-36,45-46H2,1-4H3. The van der Waals surface area contributed by atoms with Crippen molar-refractivity contribution in [3.8, 4) is 11.5 Å². The van der Waals surface area contributed by atoms with Gasteiger partial charge in [0.05, 0.1) is 43.7 Å². The van der Waals surface area contributed by atoms with Gasteiger partial charge in [0.2, 0.25) is 0 Å². The highest BCUT2D eigenvalue weighted by Gasteiger charge is 2.40. The number of hydrogen-bond acceptors (Lipinski definition) is 6. The van der Waals surface area contributed by atoms with E-state index in [4.69, 9.17) is 9.47 Å². The van der Waals surface area contributed by atoms with Gasteiger partial charge in [-0.15, -0.1) is 22.7 Å². The van der Waals surface area contributed by atoms with Gasteiger partial charge in [-0.2, -0.15) is 0 Å². The maximum absolute atomic E-state index is 15.3. The zero-order valence-corrected chi connectivity index (χ0v) is 49.0. The average molecular weight is 1130 g/mol. The number of ketones is 2. The highest BCUT2D eigenvalue weighted by Crippen LogP contribution is 2.50. The normalized spacial score (nSPS) is 16.2. The Morgan fingerprint density at radius 3 is 0.986 bits per heavy atom. The molecular weight excluding hydrogens is 1030 g/mol. The lowest BCUT2D eigenvalue weighted by atomic mass is 9.78. The molecule has 0 fully saturated rings. The molecule has 0 saturated heterocycles. The first kappa shape index (κ1) is 58.9. The summed E-state index contributed by atoms with van der Waals surface area (Å²) in [6.07, 6.45) is 48.8. The molecule has 0 aliphatic heterocycles. The Bertz CT molecular complexity index is 1870. The first-order valence-corrected chi connectivity index (χ1v) is 32.0. The van der Waals surface area contributed by atoms with Gasteiger partial charge in [-0.25, -0.2) is 0 Å². The van der Waals surface area contributed by atoms with E-state index < -0.39 is 11.8 Å². The van der Waals surface area contributed by atoms with Gasteiger partial charge in [0, 0.05) is 20.9 Å². The largest absolute Gasteiger partial charge is 0.492 e. The van der Waals surface area contributed by atoms with Crippen LogP contribution in [0.4, 0.5) is 0 Å². The second-order valence-electron chi connectivity index (χ2n) is 20.9. The number of thiophene rings is 2. The van der Waals surface area contributed by atoms with E-state index in [9.17, 15) is 0 Å². The van der Waals surface area contributed by atoms with Crippen LogP contribution in [0.2, 0.25) is 0 Å². The van der Waals surface area contributed by atoms with Crippen molar-refractivity contribution in [3.05, 3.63) is 76.0 Å². The topological polar surface area (TPSA) is 52.6 Å². The van der Waals surface area contributed by atoms with Gasteiger partial charge in [0.15, 0.2) is 11.6 Å². The Labute approximate surface area is 451 Å². The van der Waals surface area contributed by atoms with Crippen molar-refractivity contribution < 1.29 is 19.1 Å². The van der Waals surface area contributed by atoms with Crippen LogP contribution in [0.15, 0.2) is 44.0 Å². The molecule has 2 aliphatic rings. The summed E-state index contributed by atoms with van der Waals surface area (Å²) < 4.78 is 16.4. The van der Waals surface area contributed by atoms with Crippen molar-refractivity contribution in [1.82, 2.24) is 0 Å². The van der Waals surface area contributed by atoms with Gasteiger partial charge in [-0.3, -0.25) is 9.59 Å². The van der Waals surface area contributed by atoms with Crippen molar-refractivity contribution in [1.29, 1.82) is 0 Å². The molecule has 0 radical (unpaired) electrons. The quantitative estimate of drug-likeness (QED) is 0.0533. The molecule has 0 bridgehead atoms. The van der Waals surface area contributed by atoms with Crippen LogP contribution < -0.4 is 9.47 Å². The van der Waals surface area contributed by atoms with E-state index >= 15 is 9.59 Å². The molecule has 8 heteroatoms. The minimum atomic E-state index is -0.435. The molecule has 3 aromatic rings. The number of ether oxygens (including phenoxy) is 2. The van der Waals surface area contributed by atoms with Crippen LogP contribution in [0.1, 0.15) is 287 Å². The summed E-state index contributed by atoms with van der Waals surface area (Å²) >= 11 is 10.6. The minimum absolute atomic E-state index is 0.0257. The SMILES string of the molecule is CCCCCCCCCCC(CCCCCCCC)COc1c2c(c(OCC(CCCCCCCC)CCCCCCCCCC)c3c1C(=O)C(c1ccc(Br)s1)C=C3)C(=O)C(c1ccc(Br)s1)C=C2. The fourth-order valence-electron chi connectivity index (χ4n) is 10.7. The predicted molar refractivity (Wildman–Crippen MR) is 311 cm³/mol. The van der Waals surface area contributed by atoms with Crippen molar-refractivity contribution >= 4 is 78.3 Å². The second-order valence-corrected chi connectivity index (χ2v) is 25.9. The highest BCUT2D eigenvalue weighted by molar-refractivity contribution is 9.11. The van der Waals surface area contributed by atoms with E-state index in [-0.39, 0.29) is 11.6 Å². The van der Waals surface area contributed by atoms with Crippen LogP contribution in [0.3, 0.4) is 0 Å². The Hall–Kier alpha value is -2.00. The number of allylic oxidation sites excluding steroid dienone is 2. The van der Waals surface area contributed by atoms with Crippen molar-refractivity contribution in [2.24, 2.45) is 11.8 Å². The molecule has 0 saturated carbocycles.